The number of nitrogens with one attached hydrogen (secondary N) is 2. The lowest BCUT2D eigenvalue weighted by molar-refractivity contribution is 0.0964. The van der Waals surface area contributed by atoms with Gasteiger partial charge in [-0.15, -0.1) is 23.1 Å². The Labute approximate surface area is 315 Å². The fourth-order valence-corrected chi connectivity index (χ4v) is 6.52. The third kappa shape index (κ3) is 10.8. The molecule has 0 fully saturated rings. The lowest BCUT2D eigenvalue weighted by Crippen LogP contribution is -2.27. The molecule has 9 nitrogen and oxygen atoms in total. The molecule has 6 N–H and O–H groups in total. The van der Waals surface area contributed by atoms with Gasteiger partial charge in [0.05, 0.1) is 11.4 Å². The molecule has 0 aliphatic carbocycles. The van der Waals surface area contributed by atoms with Gasteiger partial charge in [-0.2, -0.15) is 0 Å². The molecule has 3 heterocycles. The molecule has 0 aliphatic rings. The summed E-state index contributed by atoms with van der Waals surface area (Å²) in [4.78, 5) is 40.3. The van der Waals surface area contributed by atoms with Gasteiger partial charge < -0.3 is 22.1 Å². The SMILES string of the molecule is C=C/C=C(\C=C(/N)NC(=O)c1ccc(Sc2ccccn2)cc1)c1cccs1.CSc1ccc(C(=O)Nc2cc(-c3cncnc3)ccc2N)cc1. The van der Waals surface area contributed by atoms with Gasteiger partial charge in [-0.25, -0.2) is 15.0 Å². The second-order valence-corrected chi connectivity index (χ2v) is 13.7. The van der Waals surface area contributed by atoms with E-state index in [0.29, 0.717) is 22.5 Å². The Bertz CT molecular complexity index is 2160. The smallest absolute Gasteiger partial charge is 0.256 e. The predicted molar refractivity (Wildman–Crippen MR) is 215 cm³/mol. The van der Waals surface area contributed by atoms with Gasteiger partial charge in [0.1, 0.15) is 17.2 Å². The first-order valence-electron chi connectivity index (χ1n) is 15.8. The van der Waals surface area contributed by atoms with Crippen molar-refractivity contribution < 1.29 is 9.59 Å². The highest BCUT2D eigenvalue weighted by Gasteiger charge is 2.11. The maximum atomic E-state index is 12.5. The lowest BCUT2D eigenvalue weighted by atomic mass is 10.1. The Morgan fingerprint density at radius 2 is 1.56 bits per heavy atom. The number of hydrogen-bond acceptors (Lipinski definition) is 10. The summed E-state index contributed by atoms with van der Waals surface area (Å²) < 4.78 is 0. The van der Waals surface area contributed by atoms with E-state index in [1.807, 2.05) is 84.4 Å². The summed E-state index contributed by atoms with van der Waals surface area (Å²) in [6.45, 7) is 3.73. The number of pyridine rings is 1. The molecule has 0 saturated carbocycles. The summed E-state index contributed by atoms with van der Waals surface area (Å²) in [6, 6.07) is 29.9. The molecular formula is C40H35N7O2S3. The van der Waals surface area contributed by atoms with Crippen LogP contribution in [-0.2, 0) is 0 Å². The van der Waals surface area contributed by atoms with Gasteiger partial charge in [0.25, 0.3) is 11.8 Å². The van der Waals surface area contributed by atoms with Gasteiger partial charge in [-0.1, -0.05) is 48.7 Å². The number of amides is 2. The summed E-state index contributed by atoms with van der Waals surface area (Å²) in [6.07, 6.45) is 13.9. The van der Waals surface area contributed by atoms with Gasteiger partial charge in [0.15, 0.2) is 0 Å². The van der Waals surface area contributed by atoms with Crippen LogP contribution in [-0.4, -0.2) is 33.0 Å². The molecule has 0 radical (unpaired) electrons. The minimum Gasteiger partial charge on any atom is -0.397 e. The summed E-state index contributed by atoms with van der Waals surface area (Å²) in [5.74, 6) is -0.179. The van der Waals surface area contributed by atoms with Gasteiger partial charge in [-0.05, 0) is 108 Å². The molecule has 0 bridgehead atoms. The zero-order valence-electron chi connectivity index (χ0n) is 28.1. The molecule has 3 aromatic carbocycles. The average Bonchev–Trinajstić information content (AvgIpc) is 3.72. The van der Waals surface area contributed by atoms with E-state index in [9.17, 15) is 9.59 Å². The normalized spacial score (nSPS) is 11.2. The standard InChI is InChI=1S/C22H19N3OS2.C18H16N4OS/c1-2-6-17(19-7-5-14-27-19)15-20(23)25-22(26)16-9-11-18(12-10-16)28-21-8-3-4-13-24-21;1-24-15-5-2-12(3-6-15)18(23)22-17-8-13(4-7-16(17)19)14-9-20-11-21-10-14/h2-15H,1,23H2,(H,25,26);2-11H,19H2,1H3,(H,22,23)/b17-6+,20-15+;. The summed E-state index contributed by atoms with van der Waals surface area (Å²) in [5.41, 5.74) is 16.8. The second-order valence-electron chi connectivity index (χ2n) is 10.8. The highest BCUT2D eigenvalue weighted by atomic mass is 32.2. The van der Waals surface area contributed by atoms with E-state index in [4.69, 9.17) is 11.5 Å². The van der Waals surface area contributed by atoms with Crippen molar-refractivity contribution in [3.05, 3.63) is 174 Å². The Kier molecular flexibility index (Phi) is 13.5. The number of carbonyl (C=O) groups is 2. The van der Waals surface area contributed by atoms with E-state index in [0.717, 1.165) is 36.4 Å². The first kappa shape index (κ1) is 37.3. The molecule has 0 saturated heterocycles. The number of carbonyl (C=O) groups excluding carboxylic acids is 2. The second kappa shape index (κ2) is 18.9. The number of hydrogen-bond donors (Lipinski definition) is 4. The number of nitrogens with two attached hydrogens (primary N) is 2. The van der Waals surface area contributed by atoms with Gasteiger partial charge in [0.2, 0.25) is 0 Å². The maximum absolute atomic E-state index is 12.5. The molecule has 0 atom stereocenters. The molecule has 0 unspecified atom stereocenters. The first-order chi connectivity index (χ1) is 25.3. The van der Waals surface area contributed by atoms with Crippen LogP contribution < -0.4 is 22.1 Å². The molecule has 52 heavy (non-hydrogen) atoms. The van der Waals surface area contributed by atoms with Crippen LogP contribution >= 0.6 is 34.9 Å². The van der Waals surface area contributed by atoms with Crippen LogP contribution in [0.15, 0.2) is 173 Å². The molecule has 260 valence electrons. The molecule has 6 aromatic rings. The number of rotatable bonds is 11. The molecule has 0 aliphatic heterocycles. The van der Waals surface area contributed by atoms with E-state index in [1.165, 1.54) is 18.1 Å². The quantitative estimate of drug-likeness (QED) is 0.0581. The summed E-state index contributed by atoms with van der Waals surface area (Å²) >= 11 is 4.77. The number of aromatic nitrogens is 3. The molecule has 0 spiro atoms. The van der Waals surface area contributed by atoms with Crippen molar-refractivity contribution in [1.82, 2.24) is 20.3 Å². The van der Waals surface area contributed by atoms with Crippen molar-refractivity contribution in [3.8, 4) is 11.1 Å². The van der Waals surface area contributed by atoms with Crippen molar-refractivity contribution in [2.24, 2.45) is 5.73 Å². The molecule has 6 rings (SSSR count). The number of allylic oxidation sites excluding steroid dienone is 4. The zero-order valence-corrected chi connectivity index (χ0v) is 30.6. The largest absolute Gasteiger partial charge is 0.397 e. The number of benzene rings is 3. The zero-order chi connectivity index (χ0) is 36.7. The fourth-order valence-electron chi connectivity index (χ4n) is 4.61. The van der Waals surface area contributed by atoms with Gasteiger partial charge >= 0.3 is 0 Å². The number of thiophene rings is 1. The molecular weight excluding hydrogens is 707 g/mol. The summed E-state index contributed by atoms with van der Waals surface area (Å²) in [5, 5.41) is 8.48. The van der Waals surface area contributed by atoms with E-state index in [-0.39, 0.29) is 17.6 Å². The predicted octanol–water partition coefficient (Wildman–Crippen LogP) is 8.79. The number of thioether (sulfide) groups is 1. The van der Waals surface area contributed by atoms with Crippen LogP contribution in [0.25, 0.3) is 16.7 Å². The lowest BCUT2D eigenvalue weighted by Gasteiger charge is -2.11. The molecule has 2 amide bonds. The van der Waals surface area contributed by atoms with Crippen molar-refractivity contribution in [2.75, 3.05) is 17.3 Å². The minimum atomic E-state index is -0.257. The van der Waals surface area contributed by atoms with Crippen LogP contribution in [0.2, 0.25) is 0 Å². The number of nitrogen functional groups attached to an aromatic ring is 1. The van der Waals surface area contributed by atoms with Crippen LogP contribution in [0.5, 0.6) is 0 Å². The van der Waals surface area contributed by atoms with Crippen molar-refractivity contribution in [3.63, 3.8) is 0 Å². The Morgan fingerprint density at radius 1 is 0.846 bits per heavy atom. The van der Waals surface area contributed by atoms with E-state index >= 15 is 0 Å². The van der Waals surface area contributed by atoms with Crippen LogP contribution in [0.1, 0.15) is 25.6 Å². The van der Waals surface area contributed by atoms with Crippen LogP contribution in [0, 0.1) is 0 Å². The third-order valence-corrected chi connectivity index (χ3v) is 9.82. The highest BCUT2D eigenvalue weighted by Crippen LogP contribution is 2.28. The van der Waals surface area contributed by atoms with E-state index in [2.05, 4.69) is 32.2 Å². The average molecular weight is 742 g/mol. The Morgan fingerprint density at radius 3 is 2.19 bits per heavy atom. The van der Waals surface area contributed by atoms with Crippen LogP contribution in [0.4, 0.5) is 11.4 Å². The van der Waals surface area contributed by atoms with E-state index in [1.54, 1.807) is 84.2 Å². The monoisotopic (exact) mass is 741 g/mol. The minimum absolute atomic E-state index is 0.198. The Hall–Kier alpha value is -5.95. The van der Waals surface area contributed by atoms with Crippen molar-refractivity contribution >= 4 is 63.6 Å². The van der Waals surface area contributed by atoms with Gasteiger partial charge in [0, 0.05) is 49.9 Å². The topological polar surface area (TPSA) is 149 Å². The van der Waals surface area contributed by atoms with Crippen molar-refractivity contribution in [1.29, 1.82) is 0 Å². The molecule has 12 heteroatoms. The number of anilines is 2. The third-order valence-electron chi connectivity index (χ3n) is 7.20. The maximum Gasteiger partial charge on any atom is 0.256 e. The highest BCUT2D eigenvalue weighted by molar-refractivity contribution is 7.99. The molecule has 3 aromatic heterocycles. The Balaban J connectivity index is 0.000000203. The van der Waals surface area contributed by atoms with Gasteiger partial charge in [-0.3, -0.25) is 9.59 Å². The first-order valence-corrected chi connectivity index (χ1v) is 18.7. The van der Waals surface area contributed by atoms with Crippen LogP contribution in [0.3, 0.4) is 0 Å². The fraction of sp³-hybridized carbons (Fsp3) is 0.0250. The number of nitrogens with zero attached hydrogens (tertiary/aromatic N) is 3. The van der Waals surface area contributed by atoms with E-state index < -0.39 is 0 Å². The van der Waals surface area contributed by atoms with Crippen molar-refractivity contribution in [2.45, 2.75) is 14.8 Å². The summed E-state index contributed by atoms with van der Waals surface area (Å²) in [7, 11) is 0.